The van der Waals surface area contributed by atoms with Crippen LogP contribution in [-0.4, -0.2) is 101 Å². The van der Waals surface area contributed by atoms with Crippen LogP contribution in [0.1, 0.15) is 12.5 Å². The molecule has 43 heavy (non-hydrogen) atoms. The van der Waals surface area contributed by atoms with Gasteiger partial charge in [-0.2, -0.15) is 0 Å². The van der Waals surface area contributed by atoms with Crippen LogP contribution >= 0.6 is 35.0 Å². The van der Waals surface area contributed by atoms with Crippen LogP contribution in [0.3, 0.4) is 0 Å². The quantitative estimate of drug-likeness (QED) is 0.199. The second-order valence-electron chi connectivity index (χ2n) is 10.5. The molecule has 2 aliphatic heterocycles. The minimum absolute atomic E-state index is 0.0631. The molecule has 0 saturated carbocycles. The summed E-state index contributed by atoms with van der Waals surface area (Å²) in [5.41, 5.74) is 1.85. The maximum Gasteiger partial charge on any atom is 0.322 e. The van der Waals surface area contributed by atoms with Crippen molar-refractivity contribution < 1.29 is 9.59 Å². The van der Waals surface area contributed by atoms with Crippen molar-refractivity contribution in [3.8, 4) is 0 Å². The summed E-state index contributed by atoms with van der Waals surface area (Å²) in [5, 5.41) is 4.28. The van der Waals surface area contributed by atoms with Gasteiger partial charge in [-0.1, -0.05) is 83.5 Å². The van der Waals surface area contributed by atoms with Gasteiger partial charge in [-0.25, -0.2) is 14.8 Å². The number of thioether (sulfide) groups is 1. The Labute approximate surface area is 266 Å². The average molecular weight is 641 g/mol. The number of rotatable bonds is 8. The zero-order valence-electron chi connectivity index (χ0n) is 24.0. The molecule has 0 spiro atoms. The zero-order valence-corrected chi connectivity index (χ0v) is 26.4. The Kier molecular flexibility index (Phi) is 10.8. The van der Waals surface area contributed by atoms with Crippen molar-refractivity contribution in [1.29, 1.82) is 0 Å². The van der Waals surface area contributed by atoms with Crippen molar-refractivity contribution in [1.82, 2.24) is 24.7 Å². The van der Waals surface area contributed by atoms with Crippen LogP contribution < -0.4 is 10.2 Å². The van der Waals surface area contributed by atoms with Crippen molar-refractivity contribution in [2.75, 3.05) is 68.3 Å². The monoisotopic (exact) mass is 639 g/mol. The number of amides is 3. The van der Waals surface area contributed by atoms with Crippen molar-refractivity contribution >= 4 is 64.5 Å². The SMILES string of the molecule is CC1CN(c2cc(Cl)nc(SCC(=O)N3CCN(C/C=C/c4ccccc4)CC3)n2)CCN1C(=O)Nc1cccc(Cl)c1. The molecule has 0 aliphatic carbocycles. The van der Waals surface area contributed by atoms with Gasteiger partial charge in [0.25, 0.3) is 0 Å². The van der Waals surface area contributed by atoms with E-state index in [-0.39, 0.29) is 23.7 Å². The first-order valence-electron chi connectivity index (χ1n) is 14.3. The molecule has 2 aliphatic rings. The van der Waals surface area contributed by atoms with E-state index in [1.807, 2.05) is 36.1 Å². The van der Waals surface area contributed by atoms with Gasteiger partial charge in [0, 0.05) is 75.2 Å². The van der Waals surface area contributed by atoms with Crippen LogP contribution in [0, 0.1) is 0 Å². The molecule has 2 fully saturated rings. The van der Waals surface area contributed by atoms with Gasteiger partial charge in [0.1, 0.15) is 11.0 Å². The van der Waals surface area contributed by atoms with E-state index in [4.69, 9.17) is 28.2 Å². The number of urea groups is 1. The maximum atomic E-state index is 13.0. The van der Waals surface area contributed by atoms with E-state index in [0.717, 1.165) is 19.6 Å². The van der Waals surface area contributed by atoms with Crippen LogP contribution in [0.4, 0.5) is 16.3 Å². The molecule has 12 heteroatoms. The molecule has 9 nitrogen and oxygen atoms in total. The number of aromatic nitrogens is 2. The zero-order chi connectivity index (χ0) is 30.2. The molecule has 2 aromatic carbocycles. The normalized spacial score (nSPS) is 17.8. The number of piperazine rings is 2. The highest BCUT2D eigenvalue weighted by molar-refractivity contribution is 7.99. The van der Waals surface area contributed by atoms with Crippen molar-refractivity contribution in [2.45, 2.75) is 18.1 Å². The van der Waals surface area contributed by atoms with Crippen LogP contribution in [0.25, 0.3) is 6.08 Å². The van der Waals surface area contributed by atoms with E-state index in [9.17, 15) is 9.59 Å². The number of hydrogen-bond donors (Lipinski definition) is 1. The summed E-state index contributed by atoms with van der Waals surface area (Å²) in [6.07, 6.45) is 4.31. The minimum Gasteiger partial charge on any atom is -0.353 e. The Bertz CT molecular complexity index is 1440. The fraction of sp³-hybridized carbons (Fsp3) is 0.355. The van der Waals surface area contributed by atoms with Crippen LogP contribution in [0.5, 0.6) is 0 Å². The van der Waals surface area contributed by atoms with Gasteiger partial charge >= 0.3 is 6.03 Å². The highest BCUT2D eigenvalue weighted by Gasteiger charge is 2.29. The Balaban J connectivity index is 1.08. The Morgan fingerprint density at radius 1 is 0.977 bits per heavy atom. The minimum atomic E-state index is -0.172. The number of halogens is 2. The van der Waals surface area contributed by atoms with E-state index >= 15 is 0 Å². The van der Waals surface area contributed by atoms with E-state index in [2.05, 4.69) is 44.4 Å². The molecule has 0 bridgehead atoms. The third kappa shape index (κ3) is 8.86. The molecular formula is C31H35Cl2N7O2S. The van der Waals surface area contributed by atoms with Crippen LogP contribution in [-0.2, 0) is 4.79 Å². The van der Waals surface area contributed by atoms with Gasteiger partial charge in [0.05, 0.1) is 5.75 Å². The number of carbonyl (C=O) groups is 2. The molecule has 226 valence electrons. The predicted octanol–water partition coefficient (Wildman–Crippen LogP) is 5.48. The molecule has 3 amide bonds. The first-order valence-corrected chi connectivity index (χ1v) is 16.1. The molecule has 3 heterocycles. The Morgan fingerprint density at radius 2 is 1.77 bits per heavy atom. The average Bonchev–Trinajstić information content (AvgIpc) is 3.00. The van der Waals surface area contributed by atoms with Gasteiger partial charge in [0.2, 0.25) is 5.91 Å². The van der Waals surface area contributed by atoms with Gasteiger partial charge in [0.15, 0.2) is 5.16 Å². The highest BCUT2D eigenvalue weighted by Crippen LogP contribution is 2.25. The van der Waals surface area contributed by atoms with Crippen molar-refractivity contribution in [3.63, 3.8) is 0 Å². The smallest absolute Gasteiger partial charge is 0.322 e. The Hall–Kier alpha value is -3.31. The number of benzene rings is 2. The number of nitrogens with one attached hydrogen (secondary N) is 1. The Morgan fingerprint density at radius 3 is 2.51 bits per heavy atom. The summed E-state index contributed by atoms with van der Waals surface area (Å²) in [4.78, 5) is 43.1. The molecule has 1 aromatic heterocycles. The van der Waals surface area contributed by atoms with Crippen molar-refractivity contribution in [3.05, 3.63) is 82.5 Å². The lowest BCUT2D eigenvalue weighted by molar-refractivity contribution is -0.130. The van der Waals surface area contributed by atoms with Crippen LogP contribution in [0.2, 0.25) is 10.2 Å². The molecule has 1 N–H and O–H groups in total. The number of carbonyl (C=O) groups excluding carboxylic acids is 2. The number of hydrogen-bond acceptors (Lipinski definition) is 7. The summed E-state index contributed by atoms with van der Waals surface area (Å²) in [7, 11) is 0. The summed E-state index contributed by atoms with van der Waals surface area (Å²) in [6, 6.07) is 18.8. The van der Waals surface area contributed by atoms with E-state index in [0.29, 0.717) is 59.6 Å². The second kappa shape index (κ2) is 14.9. The maximum absolute atomic E-state index is 13.0. The predicted molar refractivity (Wildman–Crippen MR) is 175 cm³/mol. The summed E-state index contributed by atoms with van der Waals surface area (Å²) < 4.78 is 0. The van der Waals surface area contributed by atoms with E-state index < -0.39 is 0 Å². The largest absolute Gasteiger partial charge is 0.353 e. The fourth-order valence-corrected chi connectivity index (χ4v) is 6.31. The summed E-state index contributed by atoms with van der Waals surface area (Å²) in [6.45, 7) is 7.65. The lowest BCUT2D eigenvalue weighted by Crippen LogP contribution is -2.55. The summed E-state index contributed by atoms with van der Waals surface area (Å²) in [5.74, 6) is 1.01. The number of anilines is 2. The van der Waals surface area contributed by atoms with Gasteiger partial charge in [-0.05, 0) is 30.7 Å². The first-order chi connectivity index (χ1) is 20.8. The summed E-state index contributed by atoms with van der Waals surface area (Å²) >= 11 is 13.7. The van der Waals surface area contributed by atoms with Gasteiger partial charge in [-0.15, -0.1) is 0 Å². The highest BCUT2D eigenvalue weighted by atomic mass is 35.5. The molecule has 1 unspecified atom stereocenters. The molecule has 0 radical (unpaired) electrons. The number of nitrogens with zero attached hydrogens (tertiary/aromatic N) is 6. The third-order valence-electron chi connectivity index (χ3n) is 7.47. The molecular weight excluding hydrogens is 605 g/mol. The second-order valence-corrected chi connectivity index (χ2v) is 12.3. The first kappa shape index (κ1) is 31.1. The third-order valence-corrected chi connectivity index (χ3v) is 8.73. The molecule has 5 rings (SSSR count). The molecule has 3 aromatic rings. The van der Waals surface area contributed by atoms with E-state index in [1.165, 1.54) is 17.3 Å². The topological polar surface area (TPSA) is 84.9 Å². The van der Waals surface area contributed by atoms with E-state index in [1.54, 1.807) is 29.2 Å². The lowest BCUT2D eigenvalue weighted by Gasteiger charge is -2.40. The fourth-order valence-electron chi connectivity index (χ4n) is 5.14. The van der Waals surface area contributed by atoms with Gasteiger partial charge < -0.3 is 20.0 Å². The molecule has 1 atom stereocenters. The van der Waals surface area contributed by atoms with Gasteiger partial charge in [-0.3, -0.25) is 9.69 Å². The van der Waals surface area contributed by atoms with Crippen molar-refractivity contribution in [2.24, 2.45) is 0 Å². The lowest BCUT2D eigenvalue weighted by atomic mass is 10.2. The molecule has 2 saturated heterocycles. The van der Waals surface area contributed by atoms with Crippen LogP contribution in [0.15, 0.2) is 71.9 Å². The standard InChI is InChI=1S/C31H35Cl2N7O2S/c1-23-21-39(17-18-40(23)31(42)34-26-11-5-10-25(32)19-26)28-20-27(33)35-30(36-28)43-22-29(41)38-15-13-37(14-16-38)12-6-9-24-7-3-2-4-8-24/h2-11,19-20,23H,12-18,21-22H2,1H3,(H,34,42)/b9-6+.